The third-order valence-corrected chi connectivity index (χ3v) is 2.87. The van der Waals surface area contributed by atoms with E-state index in [4.69, 9.17) is 10.00 Å². The molecule has 0 spiro atoms. The maximum atomic E-state index is 8.64. The Morgan fingerprint density at radius 2 is 2.12 bits per heavy atom. The van der Waals surface area contributed by atoms with Gasteiger partial charge in [0.2, 0.25) is 0 Å². The second kappa shape index (κ2) is 8.24. The first-order chi connectivity index (χ1) is 8.22. The lowest BCUT2D eigenvalue weighted by molar-refractivity contribution is 0.0338. The third kappa shape index (κ3) is 6.42. The van der Waals surface area contributed by atoms with Crippen molar-refractivity contribution in [3.8, 4) is 6.07 Å². The zero-order valence-corrected chi connectivity index (χ0v) is 10.8. The van der Waals surface area contributed by atoms with E-state index in [9.17, 15) is 0 Å². The highest BCUT2D eigenvalue weighted by molar-refractivity contribution is 4.92. The second-order valence-corrected chi connectivity index (χ2v) is 4.60. The van der Waals surface area contributed by atoms with Gasteiger partial charge in [0.15, 0.2) is 0 Å². The highest BCUT2D eigenvalue weighted by Crippen LogP contribution is 2.01. The van der Waals surface area contributed by atoms with Crippen LogP contribution in [0.3, 0.4) is 0 Å². The van der Waals surface area contributed by atoms with Crippen LogP contribution in [0.15, 0.2) is 12.2 Å². The van der Waals surface area contributed by atoms with E-state index in [1.807, 2.05) is 6.92 Å². The molecule has 1 heterocycles. The molecule has 17 heavy (non-hydrogen) atoms. The van der Waals surface area contributed by atoms with Gasteiger partial charge in [-0.15, -0.1) is 0 Å². The van der Waals surface area contributed by atoms with Crippen LogP contribution < -0.4 is 0 Å². The van der Waals surface area contributed by atoms with E-state index in [1.54, 1.807) is 0 Å². The monoisotopic (exact) mass is 237 g/mol. The van der Waals surface area contributed by atoms with Gasteiger partial charge in [-0.1, -0.05) is 12.2 Å². The summed E-state index contributed by atoms with van der Waals surface area (Å²) < 4.78 is 5.32. The normalized spacial score (nSPS) is 17.0. The average molecular weight is 237 g/mol. The average Bonchev–Trinajstić information content (AvgIpc) is 2.33. The Balaban J connectivity index is 2.26. The van der Waals surface area contributed by atoms with E-state index in [-0.39, 0.29) is 0 Å². The summed E-state index contributed by atoms with van der Waals surface area (Å²) in [7, 11) is 0. The molecular formula is C13H23N3O. The van der Waals surface area contributed by atoms with Crippen LogP contribution >= 0.6 is 0 Å². The largest absolute Gasteiger partial charge is 0.379 e. The standard InChI is InChI=1S/C13H23N3O/c1-13(2)12-16(5-3-4-14)7-6-15-8-10-17-11-9-15/h1,3,5-12H2,2H3. The summed E-state index contributed by atoms with van der Waals surface area (Å²) in [5.74, 6) is 0. The number of ether oxygens (including phenoxy) is 1. The summed E-state index contributed by atoms with van der Waals surface area (Å²) >= 11 is 0. The minimum absolute atomic E-state index is 0.594. The predicted octanol–water partition coefficient (Wildman–Crippen LogP) is 1.11. The molecule has 0 atom stereocenters. The van der Waals surface area contributed by atoms with Gasteiger partial charge >= 0.3 is 0 Å². The summed E-state index contributed by atoms with van der Waals surface area (Å²) in [6.45, 7) is 13.5. The van der Waals surface area contributed by atoms with Crippen LogP contribution in [0.5, 0.6) is 0 Å². The van der Waals surface area contributed by atoms with Crippen LogP contribution in [0.4, 0.5) is 0 Å². The highest BCUT2D eigenvalue weighted by Gasteiger charge is 2.12. The Bertz CT molecular complexity index is 266. The number of morpholine rings is 1. The summed E-state index contributed by atoms with van der Waals surface area (Å²) in [4.78, 5) is 4.72. The number of hydrogen-bond donors (Lipinski definition) is 0. The molecule has 1 aliphatic heterocycles. The van der Waals surface area contributed by atoms with E-state index < -0.39 is 0 Å². The first-order valence-electron chi connectivity index (χ1n) is 6.26. The fourth-order valence-electron chi connectivity index (χ4n) is 1.97. The molecule has 1 fully saturated rings. The lowest BCUT2D eigenvalue weighted by Gasteiger charge is -2.29. The van der Waals surface area contributed by atoms with Gasteiger partial charge in [-0.05, 0) is 6.92 Å². The number of hydrogen-bond acceptors (Lipinski definition) is 4. The van der Waals surface area contributed by atoms with Gasteiger partial charge in [0.05, 0.1) is 19.3 Å². The van der Waals surface area contributed by atoms with Gasteiger partial charge in [-0.25, -0.2) is 0 Å². The summed E-state index contributed by atoms with van der Waals surface area (Å²) in [5.41, 5.74) is 1.16. The maximum Gasteiger partial charge on any atom is 0.0635 e. The third-order valence-electron chi connectivity index (χ3n) is 2.87. The van der Waals surface area contributed by atoms with E-state index in [2.05, 4.69) is 22.4 Å². The van der Waals surface area contributed by atoms with Crippen LogP contribution in [0.2, 0.25) is 0 Å². The van der Waals surface area contributed by atoms with Crippen molar-refractivity contribution in [3.63, 3.8) is 0 Å². The summed E-state index contributed by atoms with van der Waals surface area (Å²) in [6.07, 6.45) is 0.594. The van der Waals surface area contributed by atoms with Crippen molar-refractivity contribution in [1.82, 2.24) is 9.80 Å². The van der Waals surface area contributed by atoms with E-state index in [0.717, 1.165) is 58.1 Å². The SMILES string of the molecule is C=C(C)CN(CCC#N)CCN1CCOCC1. The minimum Gasteiger partial charge on any atom is -0.379 e. The van der Waals surface area contributed by atoms with Crippen molar-refractivity contribution in [2.24, 2.45) is 0 Å². The van der Waals surface area contributed by atoms with E-state index in [0.29, 0.717) is 6.42 Å². The van der Waals surface area contributed by atoms with E-state index >= 15 is 0 Å². The first kappa shape index (κ1) is 14.2. The zero-order chi connectivity index (χ0) is 12.5. The van der Waals surface area contributed by atoms with Crippen LogP contribution in [-0.4, -0.2) is 62.3 Å². The molecular weight excluding hydrogens is 214 g/mol. The van der Waals surface area contributed by atoms with Gasteiger partial charge in [0.25, 0.3) is 0 Å². The Hall–Kier alpha value is -0.890. The molecule has 0 aromatic heterocycles. The molecule has 0 aromatic rings. The molecule has 0 radical (unpaired) electrons. The van der Waals surface area contributed by atoms with Crippen LogP contribution in [0.25, 0.3) is 0 Å². The van der Waals surface area contributed by atoms with Gasteiger partial charge < -0.3 is 4.74 Å². The second-order valence-electron chi connectivity index (χ2n) is 4.60. The molecule has 1 aliphatic rings. The van der Waals surface area contributed by atoms with Crippen molar-refractivity contribution in [3.05, 3.63) is 12.2 Å². The van der Waals surface area contributed by atoms with Crippen molar-refractivity contribution in [2.75, 3.05) is 52.5 Å². The fraction of sp³-hybridized carbons (Fsp3) is 0.769. The molecule has 1 saturated heterocycles. The van der Waals surface area contributed by atoms with Crippen LogP contribution in [0.1, 0.15) is 13.3 Å². The number of nitrogens with zero attached hydrogens (tertiary/aromatic N) is 3. The molecule has 4 nitrogen and oxygen atoms in total. The smallest absolute Gasteiger partial charge is 0.0635 e. The molecule has 0 aliphatic carbocycles. The van der Waals surface area contributed by atoms with Crippen molar-refractivity contribution < 1.29 is 4.74 Å². The van der Waals surface area contributed by atoms with Gasteiger partial charge in [-0.2, -0.15) is 5.26 Å². The molecule has 0 amide bonds. The van der Waals surface area contributed by atoms with Crippen molar-refractivity contribution in [1.29, 1.82) is 5.26 Å². The van der Waals surface area contributed by atoms with Gasteiger partial charge in [-0.3, -0.25) is 9.80 Å². The molecule has 0 saturated carbocycles. The molecule has 4 heteroatoms. The zero-order valence-electron chi connectivity index (χ0n) is 10.8. The molecule has 0 unspecified atom stereocenters. The Kier molecular flexibility index (Phi) is 6.87. The topological polar surface area (TPSA) is 39.5 Å². The first-order valence-corrected chi connectivity index (χ1v) is 6.26. The number of rotatable bonds is 7. The Labute approximate surface area is 104 Å². The Morgan fingerprint density at radius 3 is 2.71 bits per heavy atom. The lowest BCUT2D eigenvalue weighted by Crippen LogP contribution is -2.42. The minimum atomic E-state index is 0.594. The van der Waals surface area contributed by atoms with Crippen LogP contribution in [0, 0.1) is 11.3 Å². The Morgan fingerprint density at radius 1 is 1.41 bits per heavy atom. The van der Waals surface area contributed by atoms with Crippen LogP contribution in [-0.2, 0) is 4.74 Å². The van der Waals surface area contributed by atoms with Gasteiger partial charge in [0, 0.05) is 45.7 Å². The van der Waals surface area contributed by atoms with Gasteiger partial charge in [0.1, 0.15) is 0 Å². The molecule has 1 rings (SSSR count). The lowest BCUT2D eigenvalue weighted by atomic mass is 10.3. The summed E-state index contributed by atoms with van der Waals surface area (Å²) in [5, 5.41) is 8.64. The highest BCUT2D eigenvalue weighted by atomic mass is 16.5. The predicted molar refractivity (Wildman–Crippen MR) is 68.7 cm³/mol. The maximum absolute atomic E-state index is 8.64. The fourth-order valence-corrected chi connectivity index (χ4v) is 1.97. The number of nitriles is 1. The quantitative estimate of drug-likeness (QED) is 0.622. The summed E-state index contributed by atoms with van der Waals surface area (Å²) in [6, 6.07) is 2.20. The molecule has 0 bridgehead atoms. The molecule has 96 valence electrons. The van der Waals surface area contributed by atoms with Crippen molar-refractivity contribution >= 4 is 0 Å². The molecule has 0 N–H and O–H groups in total. The molecule has 0 aromatic carbocycles. The van der Waals surface area contributed by atoms with E-state index in [1.165, 1.54) is 0 Å². The van der Waals surface area contributed by atoms with Crippen molar-refractivity contribution in [2.45, 2.75) is 13.3 Å².